The van der Waals surface area contributed by atoms with Gasteiger partial charge in [-0.1, -0.05) is 19.8 Å². The molecule has 3 N–H and O–H groups in total. The van der Waals surface area contributed by atoms with Gasteiger partial charge in [-0.15, -0.1) is 0 Å². The van der Waals surface area contributed by atoms with Crippen molar-refractivity contribution in [3.8, 4) is 0 Å². The molecule has 1 amide bonds. The number of sulfonamides is 1. The van der Waals surface area contributed by atoms with Crippen LogP contribution in [0.2, 0.25) is 0 Å². The zero-order valence-corrected chi connectivity index (χ0v) is 13.3. The Balaban J connectivity index is 2.56. The van der Waals surface area contributed by atoms with E-state index in [0.29, 0.717) is 12.8 Å². The maximum atomic E-state index is 11.9. The summed E-state index contributed by atoms with van der Waals surface area (Å²) < 4.78 is 27.2. The number of nitrogens with zero attached hydrogens (tertiary/aromatic N) is 2. The van der Waals surface area contributed by atoms with Gasteiger partial charge in [0.1, 0.15) is 10.9 Å². The zero-order valence-electron chi connectivity index (χ0n) is 12.4. The summed E-state index contributed by atoms with van der Waals surface area (Å²) >= 11 is 0. The van der Waals surface area contributed by atoms with Crippen molar-refractivity contribution in [2.24, 2.45) is 7.05 Å². The number of carboxylic acid groups (broad SMARTS) is 1. The van der Waals surface area contributed by atoms with E-state index in [-0.39, 0.29) is 4.90 Å². The van der Waals surface area contributed by atoms with Crippen LogP contribution in [-0.4, -0.2) is 47.8 Å². The molecule has 0 bridgehead atoms. The minimum atomic E-state index is -3.85. The fourth-order valence-corrected chi connectivity index (χ4v) is 2.66. The van der Waals surface area contributed by atoms with Crippen molar-refractivity contribution in [3.63, 3.8) is 0 Å². The molecule has 0 aliphatic heterocycles. The number of hydrogen-bond donors (Lipinski definition) is 3. The number of aromatic nitrogens is 2. The van der Waals surface area contributed by atoms with Gasteiger partial charge in [0, 0.05) is 13.2 Å². The van der Waals surface area contributed by atoms with Gasteiger partial charge in [-0.05, 0) is 6.42 Å². The third kappa shape index (κ3) is 5.45. The number of carbonyl (C=O) groups is 2. The highest BCUT2D eigenvalue weighted by Gasteiger charge is 2.21. The molecule has 124 valence electrons. The lowest BCUT2D eigenvalue weighted by Gasteiger charge is -2.14. The number of hydrogen-bond acceptors (Lipinski definition) is 5. The number of carbonyl (C=O) groups excluding carboxylic acids is 1. The molecule has 1 heterocycles. The van der Waals surface area contributed by atoms with E-state index in [1.54, 1.807) is 7.05 Å². The van der Waals surface area contributed by atoms with Gasteiger partial charge in [0.2, 0.25) is 15.9 Å². The molecule has 0 fully saturated rings. The molecule has 0 radical (unpaired) electrons. The SMILES string of the molecule is CCCCC(NC(=O)CNS(=O)(=O)c1cnn(C)c1)C(=O)O. The molecular formula is C12H20N4O5S. The Morgan fingerprint density at radius 2 is 2.14 bits per heavy atom. The Kier molecular flexibility index (Phi) is 6.50. The van der Waals surface area contributed by atoms with E-state index in [0.717, 1.165) is 12.6 Å². The van der Waals surface area contributed by atoms with Gasteiger partial charge in [-0.25, -0.2) is 17.9 Å². The minimum Gasteiger partial charge on any atom is -0.480 e. The summed E-state index contributed by atoms with van der Waals surface area (Å²) in [7, 11) is -2.28. The van der Waals surface area contributed by atoms with Crippen LogP contribution >= 0.6 is 0 Å². The average Bonchev–Trinajstić information content (AvgIpc) is 2.88. The first-order valence-corrected chi connectivity index (χ1v) is 8.25. The van der Waals surface area contributed by atoms with E-state index in [2.05, 4.69) is 15.1 Å². The Labute approximate surface area is 128 Å². The predicted octanol–water partition coefficient (Wildman–Crippen LogP) is -0.542. The lowest BCUT2D eigenvalue weighted by molar-refractivity contribution is -0.141. The fourth-order valence-electron chi connectivity index (χ4n) is 1.69. The third-order valence-corrected chi connectivity index (χ3v) is 4.25. The molecule has 22 heavy (non-hydrogen) atoms. The summed E-state index contributed by atoms with van der Waals surface area (Å²) in [6.07, 6.45) is 4.20. The summed E-state index contributed by atoms with van der Waals surface area (Å²) in [6.45, 7) is 1.37. The molecule has 10 heteroatoms. The van der Waals surface area contributed by atoms with E-state index in [9.17, 15) is 18.0 Å². The number of nitrogens with one attached hydrogen (secondary N) is 2. The van der Waals surface area contributed by atoms with Crippen LogP contribution < -0.4 is 10.0 Å². The lowest BCUT2D eigenvalue weighted by Crippen LogP contribution is -2.45. The van der Waals surface area contributed by atoms with E-state index < -0.39 is 34.5 Å². The van der Waals surface area contributed by atoms with E-state index in [1.807, 2.05) is 6.92 Å². The summed E-state index contributed by atoms with van der Waals surface area (Å²) in [5.41, 5.74) is 0. The molecule has 1 atom stereocenters. The number of aryl methyl sites for hydroxylation is 1. The topological polar surface area (TPSA) is 130 Å². The molecular weight excluding hydrogens is 312 g/mol. The molecule has 0 saturated carbocycles. The second-order valence-corrected chi connectivity index (χ2v) is 6.54. The van der Waals surface area contributed by atoms with E-state index in [4.69, 9.17) is 5.11 Å². The normalized spacial score (nSPS) is 12.8. The first kappa shape index (κ1) is 18.1. The van der Waals surface area contributed by atoms with Crippen molar-refractivity contribution >= 4 is 21.9 Å². The van der Waals surface area contributed by atoms with Crippen LogP contribution in [0.1, 0.15) is 26.2 Å². The summed E-state index contributed by atoms with van der Waals surface area (Å²) in [6, 6.07) is -1.02. The average molecular weight is 332 g/mol. The van der Waals surface area contributed by atoms with Gasteiger partial charge < -0.3 is 10.4 Å². The second kappa shape index (κ2) is 7.90. The predicted molar refractivity (Wildman–Crippen MR) is 77.5 cm³/mol. The van der Waals surface area contributed by atoms with Crippen molar-refractivity contribution in [2.45, 2.75) is 37.1 Å². The Hall–Kier alpha value is -1.94. The largest absolute Gasteiger partial charge is 0.480 e. The molecule has 9 nitrogen and oxygen atoms in total. The van der Waals surface area contributed by atoms with Crippen LogP contribution in [-0.2, 0) is 26.7 Å². The van der Waals surface area contributed by atoms with Crippen molar-refractivity contribution in [3.05, 3.63) is 12.4 Å². The number of carboxylic acids is 1. The first-order valence-electron chi connectivity index (χ1n) is 6.76. The molecule has 1 aromatic heterocycles. The summed E-state index contributed by atoms with van der Waals surface area (Å²) in [5, 5.41) is 15.0. The van der Waals surface area contributed by atoms with Gasteiger partial charge in [0.15, 0.2) is 0 Å². The highest BCUT2D eigenvalue weighted by Crippen LogP contribution is 2.05. The Morgan fingerprint density at radius 3 is 2.64 bits per heavy atom. The standard InChI is InChI=1S/C12H20N4O5S/c1-3-4-5-10(12(18)19)15-11(17)7-14-22(20,21)9-6-13-16(2)8-9/h6,8,10,14H,3-5,7H2,1-2H3,(H,15,17)(H,18,19). The second-order valence-electron chi connectivity index (χ2n) is 4.77. The summed E-state index contributed by atoms with van der Waals surface area (Å²) in [5.74, 6) is -1.84. The molecule has 0 aromatic carbocycles. The van der Waals surface area contributed by atoms with Crippen molar-refractivity contribution in [1.82, 2.24) is 19.8 Å². The van der Waals surface area contributed by atoms with Crippen LogP contribution in [0.25, 0.3) is 0 Å². The van der Waals surface area contributed by atoms with Crippen molar-refractivity contribution < 1.29 is 23.1 Å². The van der Waals surface area contributed by atoms with E-state index >= 15 is 0 Å². The van der Waals surface area contributed by atoms with Gasteiger partial charge in [0.05, 0.1) is 12.7 Å². The monoisotopic (exact) mass is 332 g/mol. The first-order chi connectivity index (χ1) is 10.3. The fraction of sp³-hybridized carbons (Fsp3) is 0.583. The molecule has 1 unspecified atom stereocenters. The Morgan fingerprint density at radius 1 is 1.45 bits per heavy atom. The minimum absolute atomic E-state index is 0.0661. The molecule has 1 rings (SSSR count). The van der Waals surface area contributed by atoms with E-state index in [1.165, 1.54) is 10.9 Å². The van der Waals surface area contributed by atoms with Crippen LogP contribution in [0.3, 0.4) is 0 Å². The van der Waals surface area contributed by atoms with Crippen molar-refractivity contribution in [2.75, 3.05) is 6.54 Å². The highest BCUT2D eigenvalue weighted by molar-refractivity contribution is 7.89. The molecule has 1 aromatic rings. The molecule has 0 aliphatic rings. The number of unbranched alkanes of at least 4 members (excludes halogenated alkanes) is 1. The number of aliphatic carboxylic acids is 1. The van der Waals surface area contributed by atoms with Crippen molar-refractivity contribution in [1.29, 1.82) is 0 Å². The lowest BCUT2D eigenvalue weighted by atomic mass is 10.1. The Bertz CT molecular complexity index is 625. The van der Waals surface area contributed by atoms with Gasteiger partial charge in [-0.3, -0.25) is 9.48 Å². The zero-order chi connectivity index (χ0) is 16.8. The number of rotatable bonds is 9. The van der Waals surface area contributed by atoms with Gasteiger partial charge in [0.25, 0.3) is 0 Å². The van der Waals surface area contributed by atoms with Crippen LogP contribution in [0.15, 0.2) is 17.3 Å². The molecule has 0 saturated heterocycles. The molecule has 0 spiro atoms. The third-order valence-electron chi connectivity index (χ3n) is 2.89. The smallest absolute Gasteiger partial charge is 0.326 e. The van der Waals surface area contributed by atoms with Crippen LogP contribution in [0, 0.1) is 0 Å². The molecule has 0 aliphatic carbocycles. The quantitative estimate of drug-likeness (QED) is 0.556. The van der Waals surface area contributed by atoms with Gasteiger partial charge >= 0.3 is 5.97 Å². The highest BCUT2D eigenvalue weighted by atomic mass is 32.2. The van der Waals surface area contributed by atoms with Gasteiger partial charge in [-0.2, -0.15) is 5.10 Å². The maximum Gasteiger partial charge on any atom is 0.326 e. The van der Waals surface area contributed by atoms with Crippen LogP contribution in [0.5, 0.6) is 0 Å². The maximum absolute atomic E-state index is 11.9. The van der Waals surface area contributed by atoms with Crippen LogP contribution in [0.4, 0.5) is 0 Å². The summed E-state index contributed by atoms with van der Waals surface area (Å²) in [4.78, 5) is 22.6. The number of amides is 1.